The lowest BCUT2D eigenvalue weighted by Gasteiger charge is -2.08. The van der Waals surface area contributed by atoms with Gasteiger partial charge in [0.15, 0.2) is 0 Å². The van der Waals surface area contributed by atoms with Gasteiger partial charge >= 0.3 is 0 Å². The lowest BCUT2D eigenvalue weighted by atomic mass is 10.1. The van der Waals surface area contributed by atoms with Gasteiger partial charge < -0.3 is 15.0 Å². The quantitative estimate of drug-likeness (QED) is 0.465. The van der Waals surface area contributed by atoms with Gasteiger partial charge in [0.1, 0.15) is 18.1 Å². The molecule has 0 saturated heterocycles. The van der Waals surface area contributed by atoms with Crippen molar-refractivity contribution in [1.82, 2.24) is 20.5 Å². The minimum atomic E-state index is 0.0288. The second-order valence-electron chi connectivity index (χ2n) is 6.07. The summed E-state index contributed by atoms with van der Waals surface area (Å²) in [4.78, 5) is 14.7. The van der Waals surface area contributed by atoms with E-state index in [0.717, 1.165) is 38.9 Å². The Morgan fingerprint density at radius 2 is 1.96 bits per heavy atom. The van der Waals surface area contributed by atoms with E-state index in [2.05, 4.69) is 26.6 Å². The van der Waals surface area contributed by atoms with Crippen LogP contribution in [0.4, 0.5) is 0 Å². The third-order valence-electron chi connectivity index (χ3n) is 4.35. The Morgan fingerprint density at radius 1 is 1.12 bits per heavy atom. The van der Waals surface area contributed by atoms with Crippen LogP contribution >= 0.6 is 0 Å². The smallest absolute Gasteiger partial charge is 0.219 e. The largest absolute Gasteiger partial charge is 0.491 e. The molecule has 0 fully saturated rings. The molecule has 2 aromatic heterocycles. The molecular weight excluding hydrogens is 328 g/mol. The Kier molecular flexibility index (Phi) is 4.31. The molecule has 2 heterocycles. The number of amides is 1. The van der Waals surface area contributed by atoms with Gasteiger partial charge in [-0.25, -0.2) is 0 Å². The molecule has 0 atom stereocenters. The normalized spacial score (nSPS) is 11.1. The minimum Gasteiger partial charge on any atom is -0.491 e. The van der Waals surface area contributed by atoms with Crippen LogP contribution in [0.15, 0.2) is 48.5 Å². The molecule has 6 nitrogen and oxygen atoms in total. The number of H-pyrrole nitrogens is 2. The zero-order chi connectivity index (χ0) is 17.9. The number of fused-ring (bicyclic) bond motifs is 2. The number of nitrogens with zero attached hydrogens (tertiary/aromatic N) is 1. The van der Waals surface area contributed by atoms with E-state index >= 15 is 0 Å². The number of hydrogen-bond donors (Lipinski definition) is 3. The molecule has 4 rings (SSSR count). The molecule has 0 radical (unpaired) electrons. The standard InChI is InChI=1S/C20H20N4O2/c1-2-19(25)21-10-11-26-18-9-5-8-15-14(18)12-17(22-15)20-13-6-3-4-7-16(13)23-24-20/h3-9,12,22H,2,10-11H2,1H3,(H,21,25)(H,23,24). The lowest BCUT2D eigenvalue weighted by Crippen LogP contribution is -2.27. The molecule has 0 spiro atoms. The fourth-order valence-corrected chi connectivity index (χ4v) is 3.03. The van der Waals surface area contributed by atoms with Gasteiger partial charge in [0.05, 0.1) is 17.8 Å². The summed E-state index contributed by atoms with van der Waals surface area (Å²) in [5.41, 5.74) is 3.82. The van der Waals surface area contributed by atoms with E-state index in [1.165, 1.54) is 0 Å². The summed E-state index contributed by atoms with van der Waals surface area (Å²) in [6.07, 6.45) is 0.481. The highest BCUT2D eigenvalue weighted by Gasteiger charge is 2.12. The summed E-state index contributed by atoms with van der Waals surface area (Å²) < 4.78 is 5.87. The van der Waals surface area contributed by atoms with Crippen molar-refractivity contribution >= 4 is 27.7 Å². The van der Waals surface area contributed by atoms with Crippen molar-refractivity contribution in [2.24, 2.45) is 0 Å². The van der Waals surface area contributed by atoms with E-state index in [1.807, 2.05) is 49.4 Å². The number of ether oxygens (including phenoxy) is 1. The first-order chi connectivity index (χ1) is 12.8. The number of aromatic amines is 2. The van der Waals surface area contributed by atoms with E-state index in [-0.39, 0.29) is 5.91 Å². The van der Waals surface area contributed by atoms with E-state index in [9.17, 15) is 4.79 Å². The Hall–Kier alpha value is -3.28. The Bertz CT molecular complexity index is 1060. The van der Waals surface area contributed by atoms with Crippen molar-refractivity contribution in [3.63, 3.8) is 0 Å². The molecule has 0 aliphatic carbocycles. The predicted octanol–water partition coefficient (Wildman–Crippen LogP) is 3.62. The monoisotopic (exact) mass is 348 g/mol. The average Bonchev–Trinajstić information content (AvgIpc) is 3.28. The van der Waals surface area contributed by atoms with E-state index < -0.39 is 0 Å². The van der Waals surface area contributed by atoms with Gasteiger partial charge in [-0.2, -0.15) is 5.10 Å². The Labute approximate surface area is 150 Å². The summed E-state index contributed by atoms with van der Waals surface area (Å²) >= 11 is 0. The molecule has 132 valence electrons. The second kappa shape index (κ2) is 6.92. The van der Waals surface area contributed by atoms with Gasteiger partial charge in [-0.3, -0.25) is 9.89 Å². The fraction of sp³-hybridized carbons (Fsp3) is 0.200. The first kappa shape index (κ1) is 16.2. The van der Waals surface area contributed by atoms with Gasteiger partial charge in [0, 0.05) is 22.7 Å². The molecule has 0 saturated carbocycles. The summed E-state index contributed by atoms with van der Waals surface area (Å²) in [5, 5.41) is 12.4. The van der Waals surface area contributed by atoms with Crippen LogP contribution in [0.25, 0.3) is 33.2 Å². The molecule has 6 heteroatoms. The van der Waals surface area contributed by atoms with E-state index in [0.29, 0.717) is 19.6 Å². The number of carbonyl (C=O) groups excluding carboxylic acids is 1. The van der Waals surface area contributed by atoms with Crippen molar-refractivity contribution in [2.75, 3.05) is 13.2 Å². The van der Waals surface area contributed by atoms with Crippen LogP contribution in [0.2, 0.25) is 0 Å². The Balaban J connectivity index is 1.60. The molecule has 0 unspecified atom stereocenters. The van der Waals surface area contributed by atoms with Gasteiger partial charge in [0.25, 0.3) is 0 Å². The van der Waals surface area contributed by atoms with Gasteiger partial charge in [-0.1, -0.05) is 31.2 Å². The number of nitrogens with one attached hydrogen (secondary N) is 3. The number of para-hydroxylation sites is 1. The van der Waals surface area contributed by atoms with Crippen LogP contribution in [0.5, 0.6) is 5.75 Å². The highest BCUT2D eigenvalue weighted by Crippen LogP contribution is 2.32. The molecule has 4 aromatic rings. The third-order valence-corrected chi connectivity index (χ3v) is 4.35. The number of carbonyl (C=O) groups is 1. The molecule has 0 bridgehead atoms. The predicted molar refractivity (Wildman–Crippen MR) is 102 cm³/mol. The van der Waals surface area contributed by atoms with Crippen LogP contribution in [-0.4, -0.2) is 34.2 Å². The van der Waals surface area contributed by atoms with Crippen LogP contribution < -0.4 is 10.1 Å². The Morgan fingerprint density at radius 3 is 2.85 bits per heavy atom. The first-order valence-corrected chi connectivity index (χ1v) is 8.71. The highest BCUT2D eigenvalue weighted by molar-refractivity contribution is 5.97. The maximum Gasteiger partial charge on any atom is 0.219 e. The molecule has 0 aliphatic rings. The summed E-state index contributed by atoms with van der Waals surface area (Å²) in [5.74, 6) is 0.816. The summed E-state index contributed by atoms with van der Waals surface area (Å²) in [7, 11) is 0. The number of hydrogen-bond acceptors (Lipinski definition) is 3. The van der Waals surface area contributed by atoms with Crippen LogP contribution in [0, 0.1) is 0 Å². The number of benzene rings is 2. The number of rotatable bonds is 6. The van der Waals surface area contributed by atoms with Gasteiger partial charge in [-0.15, -0.1) is 0 Å². The van der Waals surface area contributed by atoms with Crippen molar-refractivity contribution in [1.29, 1.82) is 0 Å². The topological polar surface area (TPSA) is 82.8 Å². The minimum absolute atomic E-state index is 0.0288. The van der Waals surface area contributed by atoms with Crippen molar-refractivity contribution in [2.45, 2.75) is 13.3 Å². The lowest BCUT2D eigenvalue weighted by molar-refractivity contribution is -0.120. The van der Waals surface area contributed by atoms with Gasteiger partial charge in [-0.05, 0) is 24.3 Å². The third kappa shape index (κ3) is 3.01. The van der Waals surface area contributed by atoms with Crippen LogP contribution in [0.1, 0.15) is 13.3 Å². The van der Waals surface area contributed by atoms with Gasteiger partial charge in [0.2, 0.25) is 5.91 Å². The van der Waals surface area contributed by atoms with E-state index in [1.54, 1.807) is 0 Å². The molecule has 3 N–H and O–H groups in total. The average molecular weight is 348 g/mol. The first-order valence-electron chi connectivity index (χ1n) is 8.71. The summed E-state index contributed by atoms with van der Waals surface area (Å²) in [6, 6.07) is 16.0. The molecule has 1 amide bonds. The maximum atomic E-state index is 11.3. The molecule has 0 aliphatic heterocycles. The summed E-state index contributed by atoms with van der Waals surface area (Å²) in [6.45, 7) is 2.75. The second-order valence-corrected chi connectivity index (χ2v) is 6.07. The highest BCUT2D eigenvalue weighted by atomic mass is 16.5. The molecular formula is C20H20N4O2. The SMILES string of the molecule is CCC(=O)NCCOc1cccc2[nH]c(-c3n[nH]c4ccccc34)cc12. The van der Waals surface area contributed by atoms with Crippen molar-refractivity contribution in [3.8, 4) is 17.1 Å². The zero-order valence-electron chi connectivity index (χ0n) is 14.5. The van der Waals surface area contributed by atoms with Crippen LogP contribution in [-0.2, 0) is 4.79 Å². The maximum absolute atomic E-state index is 11.3. The number of aromatic nitrogens is 3. The zero-order valence-corrected chi connectivity index (χ0v) is 14.5. The van der Waals surface area contributed by atoms with Crippen molar-refractivity contribution < 1.29 is 9.53 Å². The molecule has 26 heavy (non-hydrogen) atoms. The van der Waals surface area contributed by atoms with Crippen molar-refractivity contribution in [3.05, 3.63) is 48.5 Å². The molecule has 2 aromatic carbocycles. The van der Waals surface area contributed by atoms with Crippen LogP contribution in [0.3, 0.4) is 0 Å². The fourth-order valence-electron chi connectivity index (χ4n) is 3.03. The van der Waals surface area contributed by atoms with E-state index in [4.69, 9.17) is 4.74 Å².